The SMILES string of the molecule is C=CCCCCC(=O)NCCNCCN. The highest BCUT2D eigenvalue weighted by atomic mass is 16.1. The van der Waals surface area contributed by atoms with E-state index in [1.54, 1.807) is 0 Å². The first-order valence-electron chi connectivity index (χ1n) is 5.59. The molecular weight excluding hydrogens is 190 g/mol. The fourth-order valence-corrected chi connectivity index (χ4v) is 1.18. The lowest BCUT2D eigenvalue weighted by molar-refractivity contribution is -0.121. The molecule has 0 rings (SSSR count). The lowest BCUT2D eigenvalue weighted by Crippen LogP contribution is -2.33. The van der Waals surface area contributed by atoms with Crippen molar-refractivity contribution in [2.75, 3.05) is 26.2 Å². The summed E-state index contributed by atoms with van der Waals surface area (Å²) in [6.07, 6.45) is 5.47. The standard InChI is InChI=1S/C11H23N3O/c1-2-3-4-5-6-11(15)14-10-9-13-8-7-12/h2,13H,1,3-10,12H2,(H,14,15). The Morgan fingerprint density at radius 2 is 2.07 bits per heavy atom. The van der Waals surface area contributed by atoms with E-state index in [-0.39, 0.29) is 5.91 Å². The van der Waals surface area contributed by atoms with Crippen molar-refractivity contribution in [2.24, 2.45) is 5.73 Å². The van der Waals surface area contributed by atoms with Crippen LogP contribution in [0.1, 0.15) is 25.7 Å². The predicted molar refractivity (Wildman–Crippen MR) is 63.6 cm³/mol. The molecule has 0 spiro atoms. The number of nitrogens with two attached hydrogens (primary N) is 1. The van der Waals surface area contributed by atoms with Gasteiger partial charge in [-0.3, -0.25) is 4.79 Å². The molecule has 0 radical (unpaired) electrons. The summed E-state index contributed by atoms with van der Waals surface area (Å²) in [5.74, 6) is 0.133. The summed E-state index contributed by atoms with van der Waals surface area (Å²) < 4.78 is 0. The van der Waals surface area contributed by atoms with E-state index in [0.717, 1.165) is 32.4 Å². The average molecular weight is 213 g/mol. The van der Waals surface area contributed by atoms with Gasteiger partial charge in [-0.05, 0) is 19.3 Å². The third kappa shape index (κ3) is 11.1. The molecule has 4 nitrogen and oxygen atoms in total. The van der Waals surface area contributed by atoms with Crippen molar-refractivity contribution in [2.45, 2.75) is 25.7 Å². The van der Waals surface area contributed by atoms with E-state index >= 15 is 0 Å². The zero-order chi connectivity index (χ0) is 11.4. The van der Waals surface area contributed by atoms with Crippen LogP contribution in [-0.4, -0.2) is 32.1 Å². The number of hydrogen-bond acceptors (Lipinski definition) is 3. The number of nitrogens with one attached hydrogen (secondary N) is 2. The molecule has 1 amide bonds. The van der Waals surface area contributed by atoms with Crippen LogP contribution in [0.5, 0.6) is 0 Å². The van der Waals surface area contributed by atoms with Crippen LogP contribution in [0, 0.1) is 0 Å². The molecule has 0 aromatic heterocycles. The highest BCUT2D eigenvalue weighted by Gasteiger charge is 1.98. The summed E-state index contributed by atoms with van der Waals surface area (Å²) in [4.78, 5) is 11.2. The second-order valence-corrected chi connectivity index (χ2v) is 3.42. The van der Waals surface area contributed by atoms with Gasteiger partial charge in [-0.1, -0.05) is 6.08 Å². The summed E-state index contributed by atoms with van der Waals surface area (Å²) in [7, 11) is 0. The van der Waals surface area contributed by atoms with Gasteiger partial charge in [0.05, 0.1) is 0 Å². The molecule has 4 N–H and O–H groups in total. The maximum absolute atomic E-state index is 11.2. The smallest absolute Gasteiger partial charge is 0.220 e. The lowest BCUT2D eigenvalue weighted by atomic mass is 10.2. The van der Waals surface area contributed by atoms with Crippen molar-refractivity contribution in [3.63, 3.8) is 0 Å². The molecule has 15 heavy (non-hydrogen) atoms. The average Bonchev–Trinajstić information content (AvgIpc) is 2.24. The van der Waals surface area contributed by atoms with Crippen LogP contribution in [0.15, 0.2) is 12.7 Å². The van der Waals surface area contributed by atoms with Crippen LogP contribution in [0.3, 0.4) is 0 Å². The van der Waals surface area contributed by atoms with Crippen LogP contribution in [-0.2, 0) is 4.79 Å². The molecule has 0 bridgehead atoms. The van der Waals surface area contributed by atoms with E-state index in [0.29, 0.717) is 19.5 Å². The Morgan fingerprint density at radius 3 is 2.73 bits per heavy atom. The number of rotatable bonds is 10. The molecule has 88 valence electrons. The fourth-order valence-electron chi connectivity index (χ4n) is 1.18. The minimum absolute atomic E-state index is 0.133. The maximum Gasteiger partial charge on any atom is 0.220 e. The van der Waals surface area contributed by atoms with Crippen molar-refractivity contribution in [1.82, 2.24) is 10.6 Å². The Morgan fingerprint density at radius 1 is 1.27 bits per heavy atom. The van der Waals surface area contributed by atoms with Crippen molar-refractivity contribution in [1.29, 1.82) is 0 Å². The van der Waals surface area contributed by atoms with E-state index in [2.05, 4.69) is 17.2 Å². The summed E-state index contributed by atoms with van der Waals surface area (Å²) >= 11 is 0. The van der Waals surface area contributed by atoms with Gasteiger partial charge in [-0.25, -0.2) is 0 Å². The molecule has 0 aromatic rings. The maximum atomic E-state index is 11.2. The van der Waals surface area contributed by atoms with Gasteiger partial charge in [0.2, 0.25) is 5.91 Å². The second kappa shape index (κ2) is 11.2. The quantitative estimate of drug-likeness (QED) is 0.363. The Labute approximate surface area is 92.3 Å². The zero-order valence-electron chi connectivity index (χ0n) is 9.43. The number of carbonyl (C=O) groups excluding carboxylic acids is 1. The topological polar surface area (TPSA) is 67.2 Å². The third-order valence-corrected chi connectivity index (χ3v) is 2.01. The van der Waals surface area contributed by atoms with Crippen molar-refractivity contribution >= 4 is 5.91 Å². The molecule has 4 heteroatoms. The Bertz CT molecular complexity index is 171. The highest BCUT2D eigenvalue weighted by molar-refractivity contribution is 5.75. The largest absolute Gasteiger partial charge is 0.355 e. The van der Waals surface area contributed by atoms with Crippen LogP contribution in [0.4, 0.5) is 0 Å². The third-order valence-electron chi connectivity index (χ3n) is 2.01. The molecule has 0 aliphatic rings. The van der Waals surface area contributed by atoms with Crippen molar-refractivity contribution in [3.05, 3.63) is 12.7 Å². The molecule has 0 atom stereocenters. The van der Waals surface area contributed by atoms with Crippen LogP contribution >= 0.6 is 0 Å². The van der Waals surface area contributed by atoms with Crippen molar-refractivity contribution in [3.8, 4) is 0 Å². The molecule has 0 aromatic carbocycles. The molecule has 0 saturated heterocycles. The molecular formula is C11H23N3O. The Hall–Kier alpha value is -0.870. The molecule has 0 fully saturated rings. The minimum Gasteiger partial charge on any atom is -0.355 e. The van der Waals surface area contributed by atoms with E-state index in [1.807, 2.05) is 6.08 Å². The Balaban J connectivity index is 3.15. The summed E-state index contributed by atoms with van der Waals surface area (Å²) in [5.41, 5.74) is 5.31. The lowest BCUT2D eigenvalue weighted by Gasteiger charge is -2.05. The monoisotopic (exact) mass is 213 g/mol. The van der Waals surface area contributed by atoms with Crippen LogP contribution in [0.2, 0.25) is 0 Å². The van der Waals surface area contributed by atoms with E-state index < -0.39 is 0 Å². The van der Waals surface area contributed by atoms with Crippen LogP contribution in [0.25, 0.3) is 0 Å². The highest BCUT2D eigenvalue weighted by Crippen LogP contribution is 1.99. The minimum atomic E-state index is 0.133. The number of unbranched alkanes of at least 4 members (excludes halogenated alkanes) is 2. The van der Waals surface area contributed by atoms with Gasteiger partial charge in [0.1, 0.15) is 0 Å². The number of carbonyl (C=O) groups is 1. The fraction of sp³-hybridized carbons (Fsp3) is 0.727. The normalized spacial score (nSPS) is 9.93. The zero-order valence-corrected chi connectivity index (χ0v) is 9.43. The summed E-state index contributed by atoms with van der Waals surface area (Å²) in [5, 5.41) is 5.96. The van der Waals surface area contributed by atoms with Gasteiger partial charge < -0.3 is 16.4 Å². The summed E-state index contributed by atoms with van der Waals surface area (Å²) in [6.45, 7) is 6.54. The second-order valence-electron chi connectivity index (χ2n) is 3.42. The van der Waals surface area contributed by atoms with E-state index in [4.69, 9.17) is 5.73 Å². The first-order valence-corrected chi connectivity index (χ1v) is 5.59. The molecule has 0 saturated carbocycles. The molecule has 0 unspecified atom stereocenters. The van der Waals surface area contributed by atoms with Gasteiger partial charge in [0, 0.05) is 32.6 Å². The van der Waals surface area contributed by atoms with E-state index in [9.17, 15) is 4.79 Å². The first-order chi connectivity index (χ1) is 7.31. The predicted octanol–water partition coefficient (Wildman–Crippen LogP) is 0.397. The van der Waals surface area contributed by atoms with Gasteiger partial charge >= 0.3 is 0 Å². The summed E-state index contributed by atoms with van der Waals surface area (Å²) in [6, 6.07) is 0. The number of hydrogen-bond donors (Lipinski definition) is 3. The van der Waals surface area contributed by atoms with Gasteiger partial charge in [0.25, 0.3) is 0 Å². The van der Waals surface area contributed by atoms with Gasteiger partial charge in [0.15, 0.2) is 0 Å². The molecule has 0 aliphatic carbocycles. The van der Waals surface area contributed by atoms with Crippen LogP contribution < -0.4 is 16.4 Å². The van der Waals surface area contributed by atoms with Gasteiger partial charge in [-0.2, -0.15) is 0 Å². The molecule has 0 aliphatic heterocycles. The first kappa shape index (κ1) is 14.1. The molecule has 0 heterocycles. The number of amides is 1. The number of allylic oxidation sites excluding steroid dienone is 1. The van der Waals surface area contributed by atoms with Crippen molar-refractivity contribution < 1.29 is 4.79 Å². The van der Waals surface area contributed by atoms with E-state index in [1.165, 1.54) is 0 Å². The Kier molecular flexibility index (Phi) is 10.6. The van der Waals surface area contributed by atoms with Gasteiger partial charge in [-0.15, -0.1) is 6.58 Å².